The van der Waals surface area contributed by atoms with Crippen molar-refractivity contribution in [2.24, 2.45) is 0 Å². The summed E-state index contributed by atoms with van der Waals surface area (Å²) in [6.45, 7) is 5.00. The number of benzene rings is 2. The molecule has 0 amide bonds. The number of methoxy groups -OCH3 is 1. The molecule has 1 aliphatic heterocycles. The number of hydrogen-bond donors (Lipinski definition) is 1. The van der Waals surface area contributed by atoms with E-state index in [1.807, 2.05) is 25.1 Å². The van der Waals surface area contributed by atoms with Crippen molar-refractivity contribution in [3.05, 3.63) is 70.6 Å². The molecule has 0 saturated carbocycles. The van der Waals surface area contributed by atoms with Crippen LogP contribution in [0.1, 0.15) is 29.2 Å². The van der Waals surface area contributed by atoms with E-state index < -0.39 is 6.04 Å². The number of nitrogens with zero attached hydrogens (tertiary/aromatic N) is 5. The number of rotatable bonds is 6. The van der Waals surface area contributed by atoms with Crippen molar-refractivity contribution in [2.75, 3.05) is 38.2 Å². The van der Waals surface area contributed by atoms with E-state index in [9.17, 15) is 9.50 Å². The molecule has 3 heterocycles. The van der Waals surface area contributed by atoms with Gasteiger partial charge in [-0.2, -0.15) is 4.52 Å². The van der Waals surface area contributed by atoms with Crippen LogP contribution in [0.4, 0.5) is 10.1 Å². The van der Waals surface area contributed by atoms with Crippen molar-refractivity contribution < 1.29 is 14.2 Å². The number of aromatic hydroxyl groups is 1. The van der Waals surface area contributed by atoms with Gasteiger partial charge in [-0.05, 0) is 30.3 Å². The quantitative estimate of drug-likeness (QED) is 0.460. The maximum Gasteiger partial charge on any atom is 0.230 e. The molecule has 9 heteroatoms. The molecule has 7 nitrogen and oxygen atoms in total. The highest BCUT2D eigenvalue weighted by Crippen LogP contribution is 2.41. The van der Waals surface area contributed by atoms with Crippen LogP contribution in [0.25, 0.3) is 4.96 Å². The maximum absolute atomic E-state index is 15.0. The van der Waals surface area contributed by atoms with Gasteiger partial charge < -0.3 is 14.7 Å². The summed E-state index contributed by atoms with van der Waals surface area (Å²) >= 11 is 1.37. The van der Waals surface area contributed by atoms with Gasteiger partial charge in [0.25, 0.3) is 0 Å². The van der Waals surface area contributed by atoms with Gasteiger partial charge in [0.15, 0.2) is 5.82 Å². The highest BCUT2D eigenvalue weighted by atomic mass is 32.1. The second-order valence-corrected chi connectivity index (χ2v) is 9.02. The van der Waals surface area contributed by atoms with Gasteiger partial charge in [-0.3, -0.25) is 4.90 Å². The number of fused-ring (bicyclic) bond motifs is 1. The Morgan fingerprint density at radius 1 is 1.09 bits per heavy atom. The zero-order chi connectivity index (χ0) is 22.9. The summed E-state index contributed by atoms with van der Waals surface area (Å²) < 4.78 is 21.7. The van der Waals surface area contributed by atoms with Gasteiger partial charge in [0.2, 0.25) is 10.8 Å². The summed E-state index contributed by atoms with van der Waals surface area (Å²) in [6, 6.07) is 14.4. The van der Waals surface area contributed by atoms with Gasteiger partial charge in [-0.15, -0.1) is 5.10 Å². The van der Waals surface area contributed by atoms with E-state index in [4.69, 9.17) is 4.74 Å². The monoisotopic (exact) mass is 467 g/mol. The normalized spacial score (nSPS) is 15.8. The summed E-state index contributed by atoms with van der Waals surface area (Å²) in [5.74, 6) is 1.26. The molecule has 1 atom stereocenters. The highest BCUT2D eigenvalue weighted by Gasteiger charge is 2.33. The van der Waals surface area contributed by atoms with Gasteiger partial charge in [0.05, 0.1) is 18.0 Å². The smallest absolute Gasteiger partial charge is 0.230 e. The average molecular weight is 468 g/mol. The Bertz CT molecular complexity index is 1250. The number of thiazole rings is 1. The third-order valence-electron chi connectivity index (χ3n) is 6.12. The summed E-state index contributed by atoms with van der Waals surface area (Å²) in [4.78, 5) is 10.3. The standard InChI is InChI=1S/C24H26FN5O2S/c1-3-20-26-24-30(27-20)23(31)22(33-24)21(18-6-4-5-7-19(18)25)29-14-12-28(13-15-29)16-8-10-17(32-2)11-9-16/h4-11,21,31H,3,12-15H2,1-2H3/t21-/m1/s1. The van der Waals surface area contributed by atoms with E-state index in [2.05, 4.69) is 32.0 Å². The first-order valence-electron chi connectivity index (χ1n) is 11.0. The Morgan fingerprint density at radius 2 is 1.82 bits per heavy atom. The van der Waals surface area contributed by atoms with Crippen molar-refractivity contribution in [2.45, 2.75) is 19.4 Å². The Hall–Kier alpha value is -3.17. The molecule has 33 heavy (non-hydrogen) atoms. The van der Waals surface area contributed by atoms with Crippen molar-refractivity contribution >= 4 is 22.0 Å². The molecule has 0 spiro atoms. The number of hydrogen-bond acceptors (Lipinski definition) is 7. The van der Waals surface area contributed by atoms with Crippen LogP contribution < -0.4 is 9.64 Å². The third-order valence-corrected chi connectivity index (χ3v) is 7.20. The van der Waals surface area contributed by atoms with Gasteiger partial charge in [0.1, 0.15) is 11.6 Å². The lowest BCUT2D eigenvalue weighted by Crippen LogP contribution is -2.48. The second-order valence-electron chi connectivity index (χ2n) is 8.01. The van der Waals surface area contributed by atoms with Crippen LogP contribution >= 0.6 is 11.3 Å². The van der Waals surface area contributed by atoms with Crippen molar-refractivity contribution in [3.8, 4) is 11.6 Å². The molecule has 2 aromatic heterocycles. The summed E-state index contributed by atoms with van der Waals surface area (Å²) in [6.07, 6.45) is 0.688. The summed E-state index contributed by atoms with van der Waals surface area (Å²) in [7, 11) is 1.66. The molecule has 1 aliphatic rings. The van der Waals surface area contributed by atoms with E-state index in [0.29, 0.717) is 27.6 Å². The van der Waals surface area contributed by atoms with Crippen LogP contribution in [0.2, 0.25) is 0 Å². The molecule has 0 aliphatic carbocycles. The Morgan fingerprint density at radius 3 is 2.45 bits per heavy atom. The average Bonchev–Trinajstić information content (AvgIpc) is 3.40. The molecular formula is C24H26FN5O2S. The molecule has 4 aromatic rings. The lowest BCUT2D eigenvalue weighted by molar-refractivity contribution is 0.208. The van der Waals surface area contributed by atoms with Gasteiger partial charge in [-0.25, -0.2) is 9.37 Å². The first-order valence-corrected chi connectivity index (χ1v) is 11.9. The van der Waals surface area contributed by atoms with Gasteiger partial charge >= 0.3 is 0 Å². The zero-order valence-electron chi connectivity index (χ0n) is 18.6. The summed E-state index contributed by atoms with van der Waals surface area (Å²) in [5.41, 5.74) is 1.68. The third kappa shape index (κ3) is 4.02. The number of anilines is 1. The molecule has 1 saturated heterocycles. The minimum absolute atomic E-state index is 0.0352. The van der Waals surface area contributed by atoms with Crippen molar-refractivity contribution in [1.29, 1.82) is 0 Å². The fourth-order valence-corrected chi connectivity index (χ4v) is 5.48. The molecule has 0 unspecified atom stereocenters. The first-order chi connectivity index (χ1) is 16.1. The topological polar surface area (TPSA) is 66.1 Å². The lowest BCUT2D eigenvalue weighted by atomic mass is 10.0. The van der Waals surface area contributed by atoms with E-state index in [1.54, 1.807) is 19.2 Å². The Kier molecular flexibility index (Phi) is 5.90. The maximum atomic E-state index is 15.0. The van der Waals surface area contributed by atoms with E-state index >= 15 is 0 Å². The SMILES string of the molecule is CCc1nc2sc([C@@H](c3ccccc3F)N3CCN(c4ccc(OC)cc4)CC3)c(O)n2n1. The number of halogens is 1. The molecule has 1 fully saturated rings. The summed E-state index contributed by atoms with van der Waals surface area (Å²) in [5, 5.41) is 15.4. The predicted octanol–water partition coefficient (Wildman–Crippen LogP) is 4.12. The van der Waals surface area contributed by atoms with Crippen LogP contribution in [0.3, 0.4) is 0 Å². The van der Waals surface area contributed by atoms with Gasteiger partial charge in [-0.1, -0.05) is 36.5 Å². The minimum Gasteiger partial charge on any atom is -0.497 e. The lowest BCUT2D eigenvalue weighted by Gasteiger charge is -2.40. The van der Waals surface area contributed by atoms with E-state index in [-0.39, 0.29) is 11.7 Å². The van der Waals surface area contributed by atoms with E-state index in [1.165, 1.54) is 21.9 Å². The van der Waals surface area contributed by atoms with Crippen molar-refractivity contribution in [3.63, 3.8) is 0 Å². The van der Waals surface area contributed by atoms with Gasteiger partial charge in [0, 0.05) is 43.9 Å². The predicted molar refractivity (Wildman–Crippen MR) is 127 cm³/mol. The molecule has 172 valence electrons. The number of aryl methyl sites for hydroxylation is 1. The van der Waals surface area contributed by atoms with Crippen LogP contribution in [0.5, 0.6) is 11.6 Å². The molecule has 5 rings (SSSR count). The second kappa shape index (κ2) is 8.99. The fraction of sp³-hybridized carbons (Fsp3) is 0.333. The molecule has 0 bridgehead atoms. The minimum atomic E-state index is -0.414. The van der Waals surface area contributed by atoms with Crippen LogP contribution in [-0.4, -0.2) is 57.9 Å². The number of piperazine rings is 1. The molecule has 1 N–H and O–H groups in total. The van der Waals surface area contributed by atoms with E-state index in [0.717, 1.165) is 37.6 Å². The zero-order valence-corrected chi connectivity index (χ0v) is 19.4. The van der Waals surface area contributed by atoms with Crippen LogP contribution in [0, 0.1) is 5.82 Å². The first kappa shape index (κ1) is 21.7. The Balaban J connectivity index is 1.45. The van der Waals surface area contributed by atoms with Crippen LogP contribution in [0.15, 0.2) is 48.5 Å². The highest BCUT2D eigenvalue weighted by molar-refractivity contribution is 7.17. The fourth-order valence-electron chi connectivity index (χ4n) is 4.35. The van der Waals surface area contributed by atoms with Crippen molar-refractivity contribution in [1.82, 2.24) is 19.5 Å². The molecule has 2 aromatic carbocycles. The Labute approximate surface area is 195 Å². The van der Waals surface area contributed by atoms with Crippen LogP contribution in [-0.2, 0) is 6.42 Å². The number of ether oxygens (including phenoxy) is 1. The molecule has 0 radical (unpaired) electrons. The molecular weight excluding hydrogens is 441 g/mol. The largest absolute Gasteiger partial charge is 0.497 e. The number of aromatic nitrogens is 3.